The highest BCUT2D eigenvalue weighted by molar-refractivity contribution is 5.92. The van der Waals surface area contributed by atoms with Crippen molar-refractivity contribution in [2.75, 3.05) is 21.3 Å². The molecule has 0 spiro atoms. The monoisotopic (exact) mass is 330 g/mol. The summed E-state index contributed by atoms with van der Waals surface area (Å²) in [6, 6.07) is 9.78. The Balaban J connectivity index is 2.66. The molecule has 0 aliphatic carbocycles. The van der Waals surface area contributed by atoms with Gasteiger partial charge in [0.15, 0.2) is 11.5 Å². The molecule has 0 fully saturated rings. The Hall–Kier alpha value is -2.82. The number of hydrogen-bond acceptors (Lipinski definition) is 4. The van der Waals surface area contributed by atoms with Crippen LogP contribution in [0.2, 0.25) is 0 Å². The summed E-state index contributed by atoms with van der Waals surface area (Å²) >= 11 is 0. The topological polar surface area (TPSA) is 44.8 Å². The third-order valence-electron chi connectivity index (χ3n) is 3.61. The van der Waals surface area contributed by atoms with Gasteiger partial charge in [0, 0.05) is 11.6 Å². The Bertz CT molecular complexity index is 781. The van der Waals surface area contributed by atoms with Crippen LogP contribution >= 0.6 is 0 Å². The van der Waals surface area contributed by atoms with Crippen molar-refractivity contribution in [1.82, 2.24) is 0 Å². The summed E-state index contributed by atoms with van der Waals surface area (Å²) in [6.07, 6.45) is 1.39. The first-order valence-electron chi connectivity index (χ1n) is 7.28. The third-order valence-corrected chi connectivity index (χ3v) is 3.61. The Morgan fingerprint density at radius 3 is 2.42 bits per heavy atom. The number of allylic oxidation sites excluding steroid dienone is 1. The fourth-order valence-corrected chi connectivity index (χ4v) is 2.38. The lowest BCUT2D eigenvalue weighted by Crippen LogP contribution is -1.98. The van der Waals surface area contributed by atoms with Crippen LogP contribution in [0.25, 0.3) is 16.7 Å². The minimum atomic E-state index is -0.449. The zero-order valence-corrected chi connectivity index (χ0v) is 14.1. The highest BCUT2D eigenvalue weighted by Crippen LogP contribution is 2.40. The second-order valence-corrected chi connectivity index (χ2v) is 5.12. The molecule has 0 heterocycles. The summed E-state index contributed by atoms with van der Waals surface area (Å²) in [4.78, 5) is 11.5. The summed E-state index contributed by atoms with van der Waals surface area (Å²) in [5.41, 5.74) is 2.76. The van der Waals surface area contributed by atoms with Crippen LogP contribution in [0.4, 0.5) is 4.39 Å². The van der Waals surface area contributed by atoms with E-state index in [4.69, 9.17) is 9.47 Å². The van der Waals surface area contributed by atoms with Gasteiger partial charge < -0.3 is 14.2 Å². The van der Waals surface area contributed by atoms with Gasteiger partial charge in [0.25, 0.3) is 0 Å². The van der Waals surface area contributed by atoms with Crippen LogP contribution in [0.15, 0.2) is 42.5 Å². The van der Waals surface area contributed by atoms with Crippen LogP contribution in [-0.2, 0) is 9.53 Å². The van der Waals surface area contributed by atoms with E-state index >= 15 is 0 Å². The molecule has 0 bridgehead atoms. The summed E-state index contributed by atoms with van der Waals surface area (Å²) in [7, 11) is 4.37. The van der Waals surface area contributed by atoms with Crippen LogP contribution in [0.5, 0.6) is 11.5 Å². The normalized spacial score (nSPS) is 11.1. The second-order valence-electron chi connectivity index (χ2n) is 5.12. The van der Waals surface area contributed by atoms with Crippen LogP contribution in [0.1, 0.15) is 12.5 Å². The molecular weight excluding hydrogens is 311 g/mol. The number of methoxy groups -OCH3 is 3. The third kappa shape index (κ3) is 3.74. The molecule has 0 aromatic heterocycles. The number of esters is 1. The first-order chi connectivity index (χ1) is 11.5. The number of carbonyl (C=O) groups excluding carboxylic acids is 1. The maximum absolute atomic E-state index is 13.6. The molecule has 0 saturated heterocycles. The van der Waals surface area contributed by atoms with Crippen molar-refractivity contribution in [3.63, 3.8) is 0 Å². The molecule has 0 radical (unpaired) electrons. The van der Waals surface area contributed by atoms with E-state index in [1.54, 1.807) is 25.1 Å². The lowest BCUT2D eigenvalue weighted by Gasteiger charge is -2.16. The van der Waals surface area contributed by atoms with Gasteiger partial charge in [-0.2, -0.15) is 0 Å². The molecule has 0 aliphatic rings. The zero-order valence-electron chi connectivity index (χ0n) is 14.1. The van der Waals surface area contributed by atoms with Crippen LogP contribution < -0.4 is 9.47 Å². The summed E-state index contributed by atoms with van der Waals surface area (Å²) in [5, 5.41) is 0. The van der Waals surface area contributed by atoms with Crippen molar-refractivity contribution in [3.8, 4) is 22.6 Å². The molecule has 5 heteroatoms. The second kappa shape index (κ2) is 7.64. The molecule has 0 amide bonds. The highest BCUT2D eigenvalue weighted by atomic mass is 19.1. The van der Waals surface area contributed by atoms with E-state index < -0.39 is 5.97 Å². The summed E-state index contributed by atoms with van der Waals surface area (Å²) < 4.78 is 29.1. The maximum Gasteiger partial charge on any atom is 0.330 e. The Morgan fingerprint density at radius 1 is 1.08 bits per heavy atom. The lowest BCUT2D eigenvalue weighted by molar-refractivity contribution is -0.134. The van der Waals surface area contributed by atoms with Gasteiger partial charge in [0.2, 0.25) is 0 Å². The van der Waals surface area contributed by atoms with Crippen molar-refractivity contribution in [3.05, 3.63) is 53.9 Å². The highest BCUT2D eigenvalue weighted by Gasteiger charge is 2.15. The van der Waals surface area contributed by atoms with Crippen LogP contribution in [0.3, 0.4) is 0 Å². The van der Waals surface area contributed by atoms with Crippen LogP contribution in [0, 0.1) is 5.82 Å². The predicted molar refractivity (Wildman–Crippen MR) is 90.6 cm³/mol. The van der Waals surface area contributed by atoms with Gasteiger partial charge in [0.05, 0.1) is 21.3 Å². The quantitative estimate of drug-likeness (QED) is 0.612. The van der Waals surface area contributed by atoms with E-state index in [1.165, 1.54) is 39.5 Å². The molecule has 0 N–H and O–H groups in total. The molecule has 0 aliphatic heterocycles. The van der Waals surface area contributed by atoms with E-state index in [1.807, 2.05) is 6.07 Å². The molecule has 126 valence electrons. The largest absolute Gasteiger partial charge is 0.493 e. The first-order valence-corrected chi connectivity index (χ1v) is 7.28. The van der Waals surface area contributed by atoms with Gasteiger partial charge in [-0.3, -0.25) is 0 Å². The minimum absolute atomic E-state index is 0.347. The standard InChI is InChI=1S/C19H19FO4/c1-12(8-18(21)23-3)14-10-16(13-6-5-7-15(20)9-13)19(24-4)17(11-14)22-2/h5-11H,1-4H3/b12-8+. The Kier molecular flexibility index (Phi) is 5.58. The molecule has 2 aromatic carbocycles. The average molecular weight is 330 g/mol. The number of ether oxygens (including phenoxy) is 3. The van der Waals surface area contributed by atoms with Crippen molar-refractivity contribution < 1.29 is 23.4 Å². The number of hydrogen-bond donors (Lipinski definition) is 0. The van der Waals surface area contributed by atoms with E-state index in [0.29, 0.717) is 28.2 Å². The predicted octanol–water partition coefficient (Wildman–Crippen LogP) is 4.09. The molecule has 0 saturated carbocycles. The van der Waals surface area contributed by atoms with Gasteiger partial charge in [-0.05, 0) is 47.9 Å². The molecule has 0 atom stereocenters. The fourth-order valence-electron chi connectivity index (χ4n) is 2.38. The number of rotatable bonds is 5. The zero-order chi connectivity index (χ0) is 17.7. The van der Waals surface area contributed by atoms with E-state index in [9.17, 15) is 9.18 Å². The van der Waals surface area contributed by atoms with Gasteiger partial charge >= 0.3 is 5.97 Å². The first kappa shape index (κ1) is 17.5. The molecule has 4 nitrogen and oxygen atoms in total. The van der Waals surface area contributed by atoms with Crippen molar-refractivity contribution in [2.45, 2.75) is 6.92 Å². The summed E-state index contributed by atoms with van der Waals surface area (Å²) in [5.74, 6) is 0.194. The SMILES string of the molecule is COC(=O)/C=C(\C)c1cc(OC)c(OC)c(-c2cccc(F)c2)c1. The molecule has 24 heavy (non-hydrogen) atoms. The van der Waals surface area contributed by atoms with E-state index in [0.717, 1.165) is 5.56 Å². The van der Waals surface area contributed by atoms with Crippen molar-refractivity contribution in [1.29, 1.82) is 0 Å². The number of benzene rings is 2. The molecular formula is C19H19FO4. The Morgan fingerprint density at radius 2 is 1.83 bits per heavy atom. The number of halogens is 1. The summed E-state index contributed by atoms with van der Waals surface area (Å²) in [6.45, 7) is 1.79. The Labute approximate surface area is 140 Å². The molecule has 2 rings (SSSR count). The van der Waals surface area contributed by atoms with E-state index in [2.05, 4.69) is 4.74 Å². The lowest BCUT2D eigenvalue weighted by atomic mass is 9.97. The molecule has 2 aromatic rings. The van der Waals surface area contributed by atoms with E-state index in [-0.39, 0.29) is 5.82 Å². The number of carbonyl (C=O) groups is 1. The van der Waals surface area contributed by atoms with Gasteiger partial charge in [-0.25, -0.2) is 9.18 Å². The van der Waals surface area contributed by atoms with Crippen molar-refractivity contribution in [2.24, 2.45) is 0 Å². The smallest absolute Gasteiger partial charge is 0.330 e. The average Bonchev–Trinajstić information content (AvgIpc) is 2.60. The van der Waals surface area contributed by atoms with Gasteiger partial charge in [-0.1, -0.05) is 12.1 Å². The minimum Gasteiger partial charge on any atom is -0.493 e. The van der Waals surface area contributed by atoms with Gasteiger partial charge in [0.1, 0.15) is 5.82 Å². The maximum atomic E-state index is 13.6. The van der Waals surface area contributed by atoms with Crippen molar-refractivity contribution >= 4 is 11.5 Å². The van der Waals surface area contributed by atoms with Gasteiger partial charge in [-0.15, -0.1) is 0 Å². The molecule has 0 unspecified atom stereocenters. The fraction of sp³-hybridized carbons (Fsp3) is 0.211. The van der Waals surface area contributed by atoms with Crippen LogP contribution in [-0.4, -0.2) is 27.3 Å².